The molecule has 0 aromatic heterocycles. The Hall–Kier alpha value is -3.46. The Bertz CT molecular complexity index is 1200. The Labute approximate surface area is 229 Å². The molecule has 3 aliphatic heterocycles. The van der Waals surface area contributed by atoms with Gasteiger partial charge in [-0.1, -0.05) is 12.1 Å². The van der Waals surface area contributed by atoms with Crippen molar-refractivity contribution in [3.63, 3.8) is 0 Å². The maximum atomic E-state index is 12.8. The first-order chi connectivity index (χ1) is 19.0. The number of amides is 1. The molecule has 218 valence electrons. The number of fused-ring (bicyclic) bond motifs is 1. The van der Waals surface area contributed by atoms with Crippen molar-refractivity contribution in [2.24, 2.45) is 11.8 Å². The van der Waals surface area contributed by atoms with Crippen LogP contribution in [0.2, 0.25) is 0 Å². The average Bonchev–Trinajstić information content (AvgIpc) is 2.94. The van der Waals surface area contributed by atoms with E-state index in [4.69, 9.17) is 18.9 Å². The number of benzene rings is 1. The molecule has 40 heavy (non-hydrogen) atoms. The molecule has 1 saturated heterocycles. The molecular formula is C27H33NO12. The summed E-state index contributed by atoms with van der Waals surface area (Å²) in [6.45, 7) is 4.51. The zero-order chi connectivity index (χ0) is 29.3. The zero-order valence-electron chi connectivity index (χ0n) is 21.9. The quantitative estimate of drug-likeness (QED) is 0.148. The number of aliphatic hydroxyl groups excluding tert-OH is 4. The number of methoxy groups -OCH3 is 1. The predicted molar refractivity (Wildman–Crippen MR) is 136 cm³/mol. The summed E-state index contributed by atoms with van der Waals surface area (Å²) < 4.78 is 21.9. The Morgan fingerprint density at radius 2 is 1.85 bits per heavy atom. The van der Waals surface area contributed by atoms with Crippen LogP contribution >= 0.6 is 0 Å². The van der Waals surface area contributed by atoms with Gasteiger partial charge in [-0.15, -0.1) is 6.58 Å². The highest BCUT2D eigenvalue weighted by Crippen LogP contribution is 2.47. The molecule has 0 spiro atoms. The van der Waals surface area contributed by atoms with Crippen LogP contribution in [0.25, 0.3) is 6.08 Å². The SMILES string of the molecule is C=C[C@H]1[C@H](O[C@@H]2O[C@H](CO)[C@@H](O)[C@H](O)[C@H]2O)OC=C(C(=O)OC)[C@H]1C[C@@H]1c2c(ccc(O)c2O)C=CN1C(C)=O. The number of phenols is 2. The fourth-order valence-corrected chi connectivity index (χ4v) is 5.33. The molecule has 13 heteroatoms. The summed E-state index contributed by atoms with van der Waals surface area (Å²) in [6.07, 6.45) is -3.29. The number of hydrogen-bond donors (Lipinski definition) is 6. The van der Waals surface area contributed by atoms with E-state index < -0.39 is 73.2 Å². The van der Waals surface area contributed by atoms with E-state index in [1.807, 2.05) is 0 Å². The van der Waals surface area contributed by atoms with Gasteiger partial charge >= 0.3 is 5.97 Å². The molecule has 0 aliphatic carbocycles. The van der Waals surface area contributed by atoms with Gasteiger partial charge in [0.15, 0.2) is 17.8 Å². The van der Waals surface area contributed by atoms with Gasteiger partial charge < -0.3 is 54.5 Å². The number of nitrogens with zero attached hydrogens (tertiary/aromatic N) is 1. The first-order valence-electron chi connectivity index (χ1n) is 12.6. The lowest BCUT2D eigenvalue weighted by atomic mass is 9.77. The number of aromatic hydroxyl groups is 2. The highest BCUT2D eigenvalue weighted by molar-refractivity contribution is 5.89. The number of hydrogen-bond acceptors (Lipinski definition) is 12. The van der Waals surface area contributed by atoms with Crippen LogP contribution < -0.4 is 0 Å². The third-order valence-electron chi connectivity index (χ3n) is 7.47. The maximum absolute atomic E-state index is 12.8. The minimum absolute atomic E-state index is 0.00343. The van der Waals surface area contributed by atoms with E-state index in [0.29, 0.717) is 5.56 Å². The molecule has 0 bridgehead atoms. The number of ether oxygens (including phenoxy) is 4. The number of aliphatic hydroxyl groups is 4. The molecule has 1 amide bonds. The Morgan fingerprint density at radius 3 is 2.48 bits per heavy atom. The molecule has 1 aromatic carbocycles. The number of carbonyl (C=O) groups is 2. The van der Waals surface area contributed by atoms with Crippen molar-refractivity contribution in [1.82, 2.24) is 4.90 Å². The predicted octanol–water partition coefficient (Wildman–Crippen LogP) is 0.00990. The van der Waals surface area contributed by atoms with E-state index in [0.717, 1.165) is 6.26 Å². The Balaban J connectivity index is 1.71. The molecule has 6 N–H and O–H groups in total. The Morgan fingerprint density at radius 1 is 1.12 bits per heavy atom. The highest BCUT2D eigenvalue weighted by Gasteiger charge is 2.48. The number of carbonyl (C=O) groups excluding carboxylic acids is 2. The molecule has 3 aliphatic rings. The van der Waals surface area contributed by atoms with Crippen LogP contribution in [0.3, 0.4) is 0 Å². The second-order valence-corrected chi connectivity index (χ2v) is 9.75. The van der Waals surface area contributed by atoms with Gasteiger partial charge in [0.2, 0.25) is 12.2 Å². The molecule has 0 radical (unpaired) electrons. The fraction of sp³-hybridized carbons (Fsp3) is 0.481. The summed E-state index contributed by atoms with van der Waals surface area (Å²) >= 11 is 0. The molecular weight excluding hydrogens is 530 g/mol. The van der Waals surface area contributed by atoms with Crippen LogP contribution in [0.1, 0.15) is 30.5 Å². The van der Waals surface area contributed by atoms with Crippen LogP contribution in [0.5, 0.6) is 11.5 Å². The van der Waals surface area contributed by atoms with Crippen LogP contribution in [0.4, 0.5) is 0 Å². The third kappa shape index (κ3) is 5.31. The van der Waals surface area contributed by atoms with E-state index in [9.17, 15) is 40.2 Å². The maximum Gasteiger partial charge on any atom is 0.337 e. The van der Waals surface area contributed by atoms with Gasteiger partial charge in [0.25, 0.3) is 0 Å². The molecule has 1 aromatic rings. The van der Waals surface area contributed by atoms with Crippen molar-refractivity contribution >= 4 is 18.0 Å². The second-order valence-electron chi connectivity index (χ2n) is 9.75. The molecule has 0 saturated carbocycles. The largest absolute Gasteiger partial charge is 0.504 e. The first kappa shape index (κ1) is 29.5. The number of phenolic OH excluding ortho intramolecular Hbond substituents is 2. The third-order valence-corrected chi connectivity index (χ3v) is 7.47. The lowest BCUT2D eigenvalue weighted by molar-refractivity contribution is -0.339. The molecule has 0 unspecified atom stereocenters. The van der Waals surface area contributed by atoms with E-state index in [1.54, 1.807) is 12.1 Å². The van der Waals surface area contributed by atoms with Gasteiger partial charge in [-0.3, -0.25) is 4.79 Å². The fourth-order valence-electron chi connectivity index (χ4n) is 5.33. The highest BCUT2D eigenvalue weighted by atomic mass is 16.8. The smallest absolute Gasteiger partial charge is 0.337 e. The molecule has 1 fully saturated rings. The van der Waals surface area contributed by atoms with Crippen molar-refractivity contribution in [2.45, 2.75) is 56.4 Å². The summed E-state index contributed by atoms with van der Waals surface area (Å²) in [5, 5.41) is 61.2. The van der Waals surface area contributed by atoms with Gasteiger partial charge in [-0.25, -0.2) is 4.79 Å². The molecule has 13 nitrogen and oxygen atoms in total. The monoisotopic (exact) mass is 563 g/mol. The number of rotatable bonds is 7. The van der Waals surface area contributed by atoms with Crippen LogP contribution in [-0.4, -0.2) is 98.1 Å². The van der Waals surface area contributed by atoms with Crippen molar-refractivity contribution < 1.29 is 59.2 Å². The lowest BCUT2D eigenvalue weighted by Crippen LogP contribution is -2.60. The van der Waals surface area contributed by atoms with Gasteiger partial charge in [0, 0.05) is 30.5 Å². The van der Waals surface area contributed by atoms with Crippen molar-refractivity contribution in [3.05, 3.63) is 53.9 Å². The van der Waals surface area contributed by atoms with E-state index in [1.165, 1.54) is 37.3 Å². The van der Waals surface area contributed by atoms with Gasteiger partial charge in [-0.05, 0) is 24.1 Å². The van der Waals surface area contributed by atoms with Crippen LogP contribution in [-0.2, 0) is 28.5 Å². The van der Waals surface area contributed by atoms with Crippen LogP contribution in [0, 0.1) is 11.8 Å². The average molecular weight is 564 g/mol. The van der Waals surface area contributed by atoms with Gasteiger partial charge in [-0.2, -0.15) is 0 Å². The summed E-state index contributed by atoms with van der Waals surface area (Å²) in [6, 6.07) is 2.06. The molecule has 4 rings (SSSR count). The normalized spacial score (nSPS) is 33.4. The van der Waals surface area contributed by atoms with Crippen molar-refractivity contribution in [2.75, 3.05) is 13.7 Å². The topological polar surface area (TPSA) is 196 Å². The Kier molecular flexibility index (Phi) is 8.83. The molecule has 9 atom stereocenters. The molecule has 3 heterocycles. The minimum Gasteiger partial charge on any atom is -0.504 e. The van der Waals surface area contributed by atoms with E-state index in [2.05, 4.69) is 6.58 Å². The van der Waals surface area contributed by atoms with Crippen molar-refractivity contribution in [1.29, 1.82) is 0 Å². The lowest BCUT2D eigenvalue weighted by Gasteiger charge is -2.44. The summed E-state index contributed by atoms with van der Waals surface area (Å²) in [5.41, 5.74) is 0.889. The van der Waals surface area contributed by atoms with Gasteiger partial charge in [0.1, 0.15) is 24.4 Å². The standard InChI is InChI=1S/C27H33NO12/c1-4-14-15(9-17-20-13(5-6-18(31)21(20)32)7-8-28(17)12(2)30)16(25(36)37-3)11-38-26(14)40-27-24(35)23(34)22(33)19(10-29)39-27/h4-8,11,14-15,17,19,22-24,26-27,29,31-35H,1,9-10H2,2-3H3/t14-,15+,17-,19-,22-,23+,24-,26+,27+/m1/s1. The summed E-state index contributed by atoms with van der Waals surface area (Å²) in [5.74, 6) is -3.55. The summed E-state index contributed by atoms with van der Waals surface area (Å²) in [4.78, 5) is 26.8. The zero-order valence-corrected chi connectivity index (χ0v) is 21.9. The van der Waals surface area contributed by atoms with E-state index in [-0.39, 0.29) is 29.2 Å². The number of esters is 1. The van der Waals surface area contributed by atoms with Crippen LogP contribution in [0.15, 0.2) is 42.8 Å². The summed E-state index contributed by atoms with van der Waals surface area (Å²) in [7, 11) is 1.18. The van der Waals surface area contributed by atoms with Crippen molar-refractivity contribution in [3.8, 4) is 11.5 Å². The van der Waals surface area contributed by atoms with Gasteiger partial charge in [0.05, 0.1) is 31.6 Å². The first-order valence-corrected chi connectivity index (χ1v) is 12.6. The van der Waals surface area contributed by atoms with E-state index >= 15 is 0 Å². The minimum atomic E-state index is -1.71. The second kappa shape index (κ2) is 12.0.